The molecule has 0 radical (unpaired) electrons. The Morgan fingerprint density at radius 1 is 1.47 bits per heavy atom. The molecule has 1 N–H and O–H groups in total. The van der Waals surface area contributed by atoms with Crippen LogP contribution in [0.2, 0.25) is 0 Å². The Hall–Kier alpha value is -1.51. The van der Waals surface area contributed by atoms with Crippen molar-refractivity contribution >= 4 is 5.91 Å². The van der Waals surface area contributed by atoms with E-state index in [0.717, 1.165) is 12.0 Å². The molecule has 0 saturated heterocycles. The van der Waals surface area contributed by atoms with Crippen molar-refractivity contribution in [2.75, 3.05) is 13.6 Å². The Morgan fingerprint density at radius 2 is 2.13 bits per heavy atom. The van der Waals surface area contributed by atoms with Crippen LogP contribution in [-0.4, -0.2) is 29.5 Å². The maximum atomic E-state index is 11.8. The molecule has 0 atom stereocenters. The summed E-state index contributed by atoms with van der Waals surface area (Å²) in [5.74, 6) is -0.0719. The number of carbonyl (C=O) groups excluding carboxylic acids is 1. The molecular weight excluding hydrogens is 190 g/mol. The number of nitrogens with zero attached hydrogens (tertiary/aromatic N) is 1. The van der Waals surface area contributed by atoms with E-state index in [0.29, 0.717) is 12.1 Å². The van der Waals surface area contributed by atoms with Gasteiger partial charge in [-0.1, -0.05) is 13.0 Å². The molecule has 0 spiro atoms. The summed E-state index contributed by atoms with van der Waals surface area (Å²) in [5, 5.41) is 9.63. The lowest BCUT2D eigenvalue weighted by molar-refractivity contribution is 0.0792. The number of benzene rings is 1. The number of aromatic hydroxyl groups is 1. The van der Waals surface area contributed by atoms with Crippen LogP contribution >= 0.6 is 0 Å². The third kappa shape index (κ3) is 2.72. The largest absolute Gasteiger partial charge is 0.507 e. The normalized spacial score (nSPS) is 10.1. The topological polar surface area (TPSA) is 40.5 Å². The number of rotatable bonds is 3. The van der Waals surface area contributed by atoms with E-state index in [4.69, 9.17) is 0 Å². The SMILES string of the molecule is CCCN(C)C(=O)c1ccc(C)cc1O. The minimum absolute atomic E-state index is 0.0583. The molecule has 3 nitrogen and oxygen atoms in total. The summed E-state index contributed by atoms with van der Waals surface area (Å²) in [6, 6.07) is 5.10. The van der Waals surface area contributed by atoms with Gasteiger partial charge in [-0.2, -0.15) is 0 Å². The van der Waals surface area contributed by atoms with Crippen molar-refractivity contribution in [3.8, 4) is 5.75 Å². The third-order valence-electron chi connectivity index (χ3n) is 2.29. The van der Waals surface area contributed by atoms with Gasteiger partial charge in [-0.25, -0.2) is 0 Å². The van der Waals surface area contributed by atoms with Crippen LogP contribution in [0.1, 0.15) is 29.3 Å². The highest BCUT2D eigenvalue weighted by atomic mass is 16.3. The first-order valence-electron chi connectivity index (χ1n) is 5.11. The van der Waals surface area contributed by atoms with Gasteiger partial charge in [0.15, 0.2) is 0 Å². The van der Waals surface area contributed by atoms with Crippen molar-refractivity contribution in [2.45, 2.75) is 20.3 Å². The number of carbonyl (C=O) groups is 1. The standard InChI is InChI=1S/C12H17NO2/c1-4-7-13(3)12(15)10-6-5-9(2)8-11(10)14/h5-6,8,14H,4,7H2,1-3H3. The molecule has 0 unspecified atom stereocenters. The van der Waals surface area contributed by atoms with Crippen LogP contribution in [0.15, 0.2) is 18.2 Å². The fourth-order valence-corrected chi connectivity index (χ4v) is 1.47. The highest BCUT2D eigenvalue weighted by Crippen LogP contribution is 2.19. The zero-order chi connectivity index (χ0) is 11.4. The lowest BCUT2D eigenvalue weighted by atomic mass is 10.1. The first-order chi connectivity index (χ1) is 7.06. The van der Waals surface area contributed by atoms with Crippen LogP contribution < -0.4 is 0 Å². The molecule has 1 rings (SSSR count). The summed E-state index contributed by atoms with van der Waals surface area (Å²) in [6.45, 7) is 4.59. The van der Waals surface area contributed by atoms with Gasteiger partial charge in [0.05, 0.1) is 5.56 Å². The van der Waals surface area contributed by atoms with Crippen molar-refractivity contribution in [2.24, 2.45) is 0 Å². The molecule has 0 bridgehead atoms. The average Bonchev–Trinajstić information content (AvgIpc) is 2.17. The van der Waals surface area contributed by atoms with Gasteiger partial charge in [0.25, 0.3) is 5.91 Å². The van der Waals surface area contributed by atoms with Crippen LogP contribution in [-0.2, 0) is 0 Å². The maximum Gasteiger partial charge on any atom is 0.257 e. The van der Waals surface area contributed by atoms with Crippen LogP contribution in [0, 0.1) is 6.92 Å². The third-order valence-corrected chi connectivity index (χ3v) is 2.29. The fraction of sp³-hybridized carbons (Fsp3) is 0.417. The lowest BCUT2D eigenvalue weighted by Gasteiger charge is -2.16. The molecule has 0 aliphatic heterocycles. The molecule has 1 amide bonds. The molecule has 3 heteroatoms. The predicted octanol–water partition coefficient (Wildman–Crippen LogP) is 2.18. The maximum absolute atomic E-state index is 11.8. The van der Waals surface area contributed by atoms with Gasteiger partial charge >= 0.3 is 0 Å². The molecule has 1 aromatic carbocycles. The molecule has 1 aromatic rings. The molecular formula is C12H17NO2. The minimum atomic E-state index is -0.130. The molecule has 0 aliphatic carbocycles. The Bertz CT molecular complexity index is 361. The van der Waals surface area contributed by atoms with E-state index in [1.807, 2.05) is 19.9 Å². The summed E-state index contributed by atoms with van der Waals surface area (Å²) in [5.41, 5.74) is 1.32. The Kier molecular flexibility index (Phi) is 3.72. The molecule has 0 saturated carbocycles. The van der Waals surface area contributed by atoms with Gasteiger partial charge in [0.1, 0.15) is 5.75 Å². The van der Waals surface area contributed by atoms with Crippen molar-refractivity contribution < 1.29 is 9.90 Å². The Labute approximate surface area is 90.3 Å². The molecule has 82 valence electrons. The van der Waals surface area contributed by atoms with Crippen molar-refractivity contribution in [1.29, 1.82) is 0 Å². The number of amides is 1. The van der Waals surface area contributed by atoms with Crippen molar-refractivity contribution in [1.82, 2.24) is 4.90 Å². The summed E-state index contributed by atoms with van der Waals surface area (Å²) in [4.78, 5) is 13.4. The number of hydrogen-bond acceptors (Lipinski definition) is 2. The molecule has 0 heterocycles. The van der Waals surface area contributed by atoms with Crippen molar-refractivity contribution in [3.05, 3.63) is 29.3 Å². The molecule has 0 aliphatic rings. The average molecular weight is 207 g/mol. The second kappa shape index (κ2) is 4.82. The quantitative estimate of drug-likeness (QED) is 0.825. The Morgan fingerprint density at radius 3 is 2.67 bits per heavy atom. The van der Waals surface area contributed by atoms with Gasteiger partial charge < -0.3 is 10.0 Å². The monoisotopic (exact) mass is 207 g/mol. The summed E-state index contributed by atoms with van der Waals surface area (Å²) >= 11 is 0. The van der Waals surface area contributed by atoms with Gasteiger partial charge in [0.2, 0.25) is 0 Å². The minimum Gasteiger partial charge on any atom is -0.507 e. The second-order valence-electron chi connectivity index (χ2n) is 3.75. The van der Waals surface area contributed by atoms with Crippen LogP contribution in [0.5, 0.6) is 5.75 Å². The van der Waals surface area contributed by atoms with Crippen LogP contribution in [0.3, 0.4) is 0 Å². The lowest BCUT2D eigenvalue weighted by Crippen LogP contribution is -2.27. The van der Waals surface area contributed by atoms with E-state index in [2.05, 4.69) is 0 Å². The van der Waals surface area contributed by atoms with E-state index < -0.39 is 0 Å². The van der Waals surface area contributed by atoms with Gasteiger partial charge in [0, 0.05) is 13.6 Å². The molecule has 0 fully saturated rings. The van der Waals surface area contributed by atoms with E-state index in [9.17, 15) is 9.90 Å². The van der Waals surface area contributed by atoms with Crippen molar-refractivity contribution in [3.63, 3.8) is 0 Å². The fourth-order valence-electron chi connectivity index (χ4n) is 1.47. The summed E-state index contributed by atoms with van der Waals surface area (Å²) < 4.78 is 0. The van der Waals surface area contributed by atoms with E-state index in [1.54, 1.807) is 24.1 Å². The van der Waals surface area contributed by atoms with E-state index in [-0.39, 0.29) is 11.7 Å². The van der Waals surface area contributed by atoms with Crippen LogP contribution in [0.4, 0.5) is 0 Å². The highest BCUT2D eigenvalue weighted by molar-refractivity contribution is 5.96. The van der Waals surface area contributed by atoms with E-state index in [1.165, 1.54) is 0 Å². The van der Waals surface area contributed by atoms with Gasteiger partial charge in [-0.15, -0.1) is 0 Å². The van der Waals surface area contributed by atoms with E-state index >= 15 is 0 Å². The number of phenols is 1. The van der Waals surface area contributed by atoms with Crippen LogP contribution in [0.25, 0.3) is 0 Å². The highest BCUT2D eigenvalue weighted by Gasteiger charge is 2.14. The summed E-state index contributed by atoms with van der Waals surface area (Å²) in [6.07, 6.45) is 0.912. The zero-order valence-electron chi connectivity index (χ0n) is 9.45. The smallest absolute Gasteiger partial charge is 0.257 e. The number of aryl methyl sites for hydroxylation is 1. The Balaban J connectivity index is 2.91. The number of hydrogen-bond donors (Lipinski definition) is 1. The molecule has 0 aromatic heterocycles. The zero-order valence-corrected chi connectivity index (χ0v) is 9.45. The predicted molar refractivity (Wildman–Crippen MR) is 60.1 cm³/mol. The van der Waals surface area contributed by atoms with Gasteiger partial charge in [-0.3, -0.25) is 4.79 Å². The molecule has 15 heavy (non-hydrogen) atoms. The first kappa shape index (κ1) is 11.6. The second-order valence-corrected chi connectivity index (χ2v) is 3.75. The number of phenolic OH excluding ortho intramolecular Hbond substituents is 1. The summed E-state index contributed by atoms with van der Waals surface area (Å²) in [7, 11) is 1.74. The first-order valence-corrected chi connectivity index (χ1v) is 5.11. The van der Waals surface area contributed by atoms with Gasteiger partial charge in [-0.05, 0) is 31.0 Å².